The third-order valence-corrected chi connectivity index (χ3v) is 3.66. The van der Waals surface area contributed by atoms with E-state index in [1.807, 2.05) is 0 Å². The number of nitrogens with zero attached hydrogens (tertiary/aromatic N) is 3. The largest absolute Gasteiger partial charge is 0.355 e. The third-order valence-electron chi connectivity index (χ3n) is 3.66. The van der Waals surface area contributed by atoms with Crippen molar-refractivity contribution in [2.45, 2.75) is 33.7 Å². The summed E-state index contributed by atoms with van der Waals surface area (Å²) in [6, 6.07) is 0. The maximum atomic E-state index is 5.71. The van der Waals surface area contributed by atoms with Gasteiger partial charge >= 0.3 is 0 Å². The second-order valence-electron chi connectivity index (χ2n) is 5.83. The van der Waals surface area contributed by atoms with Crippen LogP contribution < -0.4 is 10.6 Å². The van der Waals surface area contributed by atoms with Crippen LogP contribution in [0.3, 0.4) is 0 Å². The summed E-state index contributed by atoms with van der Waals surface area (Å²) in [6.07, 6.45) is 4.69. The number of aromatic nitrogens is 2. The van der Waals surface area contributed by atoms with E-state index in [2.05, 4.69) is 35.6 Å². The van der Waals surface area contributed by atoms with Gasteiger partial charge in [0, 0.05) is 32.0 Å². The summed E-state index contributed by atoms with van der Waals surface area (Å²) < 4.78 is 0. The van der Waals surface area contributed by atoms with Gasteiger partial charge in [-0.1, -0.05) is 20.8 Å². The molecule has 1 unspecified atom stereocenters. The van der Waals surface area contributed by atoms with Crippen molar-refractivity contribution in [3.05, 3.63) is 18.1 Å². The van der Waals surface area contributed by atoms with Crippen LogP contribution in [-0.2, 0) is 6.54 Å². The predicted molar refractivity (Wildman–Crippen MR) is 69.7 cm³/mol. The highest BCUT2D eigenvalue weighted by atomic mass is 15.2. The minimum absolute atomic E-state index is 0.361. The molecule has 0 saturated carbocycles. The van der Waals surface area contributed by atoms with E-state index >= 15 is 0 Å². The number of hydrogen-bond donors (Lipinski definition) is 1. The first-order chi connectivity index (χ1) is 8.02. The first-order valence-electron chi connectivity index (χ1n) is 6.27. The summed E-state index contributed by atoms with van der Waals surface area (Å²) >= 11 is 0. The smallest absolute Gasteiger partial charge is 0.151 e. The molecule has 0 radical (unpaired) electrons. The molecule has 0 spiro atoms. The van der Waals surface area contributed by atoms with Crippen LogP contribution in [0, 0.1) is 11.3 Å². The fourth-order valence-electron chi connectivity index (χ4n) is 2.43. The van der Waals surface area contributed by atoms with Crippen LogP contribution in [0.1, 0.15) is 32.9 Å². The molecule has 1 aliphatic heterocycles. The van der Waals surface area contributed by atoms with Gasteiger partial charge in [-0.3, -0.25) is 4.98 Å². The molecule has 1 aromatic heterocycles. The Kier molecular flexibility index (Phi) is 3.33. The molecule has 0 aliphatic carbocycles. The minimum Gasteiger partial charge on any atom is -0.355 e. The van der Waals surface area contributed by atoms with Gasteiger partial charge in [-0.25, -0.2) is 4.98 Å². The van der Waals surface area contributed by atoms with Crippen LogP contribution >= 0.6 is 0 Å². The summed E-state index contributed by atoms with van der Waals surface area (Å²) in [6.45, 7) is 9.51. The Morgan fingerprint density at radius 3 is 2.65 bits per heavy atom. The van der Waals surface area contributed by atoms with Gasteiger partial charge in [-0.05, 0) is 17.8 Å². The zero-order chi connectivity index (χ0) is 12.5. The van der Waals surface area contributed by atoms with Gasteiger partial charge in [0.05, 0.1) is 5.69 Å². The molecule has 4 heteroatoms. The molecule has 2 rings (SSSR count). The van der Waals surface area contributed by atoms with Crippen molar-refractivity contribution >= 4 is 5.82 Å². The van der Waals surface area contributed by atoms with Gasteiger partial charge in [0.15, 0.2) is 5.82 Å². The fourth-order valence-corrected chi connectivity index (χ4v) is 2.43. The highest BCUT2D eigenvalue weighted by Crippen LogP contribution is 2.35. The first kappa shape index (κ1) is 12.3. The molecule has 2 heterocycles. The minimum atomic E-state index is 0.361. The summed E-state index contributed by atoms with van der Waals surface area (Å²) in [5, 5.41) is 0. The van der Waals surface area contributed by atoms with Gasteiger partial charge in [-0.2, -0.15) is 0 Å². The van der Waals surface area contributed by atoms with Crippen LogP contribution in [0.4, 0.5) is 5.82 Å². The normalized spacial score (nSPS) is 20.9. The van der Waals surface area contributed by atoms with Crippen molar-refractivity contribution in [3.8, 4) is 0 Å². The molecule has 0 bridgehead atoms. The number of rotatable bonds is 2. The monoisotopic (exact) mass is 234 g/mol. The Hall–Kier alpha value is -1.16. The van der Waals surface area contributed by atoms with Crippen molar-refractivity contribution in [1.82, 2.24) is 9.97 Å². The maximum Gasteiger partial charge on any atom is 0.151 e. The highest BCUT2D eigenvalue weighted by molar-refractivity contribution is 5.44. The molecule has 1 aliphatic rings. The first-order valence-corrected chi connectivity index (χ1v) is 6.27. The van der Waals surface area contributed by atoms with Crippen LogP contribution in [-0.4, -0.2) is 23.1 Å². The number of nitrogens with two attached hydrogens (primary N) is 1. The molecule has 4 nitrogen and oxygen atoms in total. The van der Waals surface area contributed by atoms with Crippen LogP contribution in [0.2, 0.25) is 0 Å². The zero-order valence-corrected chi connectivity index (χ0v) is 11.0. The second kappa shape index (κ2) is 4.61. The van der Waals surface area contributed by atoms with Crippen molar-refractivity contribution in [3.63, 3.8) is 0 Å². The van der Waals surface area contributed by atoms with Crippen LogP contribution in [0.25, 0.3) is 0 Å². The lowest BCUT2D eigenvalue weighted by Gasteiger charge is -2.27. The molecule has 94 valence electrons. The predicted octanol–water partition coefficient (Wildman–Crippen LogP) is 1.81. The average molecular weight is 234 g/mol. The Morgan fingerprint density at radius 2 is 2.06 bits per heavy atom. The second-order valence-corrected chi connectivity index (χ2v) is 5.83. The Bertz CT molecular complexity index is 383. The van der Waals surface area contributed by atoms with Gasteiger partial charge < -0.3 is 10.6 Å². The number of anilines is 1. The Balaban J connectivity index is 2.15. The van der Waals surface area contributed by atoms with E-state index < -0.39 is 0 Å². The molecule has 1 atom stereocenters. The fraction of sp³-hybridized carbons (Fsp3) is 0.692. The average Bonchev–Trinajstić information content (AvgIpc) is 2.77. The van der Waals surface area contributed by atoms with Crippen LogP contribution in [0.5, 0.6) is 0 Å². The summed E-state index contributed by atoms with van der Waals surface area (Å²) in [5.41, 5.74) is 6.98. The molecule has 1 fully saturated rings. The van der Waals surface area contributed by atoms with Gasteiger partial charge in [0.25, 0.3) is 0 Å². The van der Waals surface area contributed by atoms with Gasteiger partial charge in [-0.15, -0.1) is 0 Å². The lowest BCUT2D eigenvalue weighted by atomic mass is 9.80. The van der Waals surface area contributed by atoms with E-state index in [0.29, 0.717) is 12.0 Å². The zero-order valence-electron chi connectivity index (χ0n) is 11.0. The molecule has 17 heavy (non-hydrogen) atoms. The van der Waals surface area contributed by atoms with Crippen molar-refractivity contribution in [1.29, 1.82) is 0 Å². The Labute approximate surface area is 103 Å². The standard InChI is InChI=1S/C13H22N4/c1-13(2,3)10-4-7-17(9-10)12-11(8-14)15-5-6-16-12/h5-6,10H,4,7-9,14H2,1-3H3. The van der Waals surface area contributed by atoms with Gasteiger partial charge in [0.2, 0.25) is 0 Å². The van der Waals surface area contributed by atoms with Crippen molar-refractivity contribution < 1.29 is 0 Å². The van der Waals surface area contributed by atoms with Gasteiger partial charge in [0.1, 0.15) is 0 Å². The molecule has 0 aromatic carbocycles. The van der Waals surface area contributed by atoms with E-state index in [-0.39, 0.29) is 0 Å². The van der Waals surface area contributed by atoms with E-state index in [0.717, 1.165) is 30.5 Å². The summed E-state index contributed by atoms with van der Waals surface area (Å²) in [5.74, 6) is 1.69. The van der Waals surface area contributed by atoms with Crippen molar-refractivity contribution in [2.24, 2.45) is 17.1 Å². The molecule has 2 N–H and O–H groups in total. The maximum absolute atomic E-state index is 5.71. The van der Waals surface area contributed by atoms with E-state index in [9.17, 15) is 0 Å². The molecular weight excluding hydrogens is 212 g/mol. The molecular formula is C13H22N4. The summed E-state index contributed by atoms with van der Waals surface area (Å²) in [4.78, 5) is 11.1. The SMILES string of the molecule is CC(C)(C)C1CCN(c2nccnc2CN)C1. The topological polar surface area (TPSA) is 55.0 Å². The molecule has 1 saturated heterocycles. The highest BCUT2D eigenvalue weighted by Gasteiger charge is 2.32. The quantitative estimate of drug-likeness (QED) is 0.848. The summed E-state index contributed by atoms with van der Waals surface area (Å²) in [7, 11) is 0. The van der Waals surface area contributed by atoms with Crippen LogP contribution in [0.15, 0.2) is 12.4 Å². The lowest BCUT2D eigenvalue weighted by Crippen LogP contribution is -2.27. The number of hydrogen-bond acceptors (Lipinski definition) is 4. The lowest BCUT2D eigenvalue weighted by molar-refractivity contribution is 0.263. The van der Waals surface area contributed by atoms with Crippen molar-refractivity contribution in [2.75, 3.05) is 18.0 Å². The molecule has 0 amide bonds. The third kappa shape index (κ3) is 2.57. The van der Waals surface area contributed by atoms with E-state index in [4.69, 9.17) is 5.73 Å². The van der Waals surface area contributed by atoms with E-state index in [1.165, 1.54) is 6.42 Å². The molecule has 1 aromatic rings. The van der Waals surface area contributed by atoms with E-state index in [1.54, 1.807) is 12.4 Å². The Morgan fingerprint density at radius 1 is 1.35 bits per heavy atom.